The van der Waals surface area contributed by atoms with Crippen LogP contribution in [0.15, 0.2) is 12.2 Å². The SMILES string of the molecule is C[N+]1(C2C=CCCC2)CCOCC1.[I-]. The summed E-state index contributed by atoms with van der Waals surface area (Å²) in [5, 5.41) is 0. The van der Waals surface area contributed by atoms with Crippen LogP contribution in [-0.4, -0.2) is 43.9 Å². The number of quaternary nitrogens is 1. The van der Waals surface area contributed by atoms with E-state index in [9.17, 15) is 0 Å². The van der Waals surface area contributed by atoms with E-state index in [-0.39, 0.29) is 24.0 Å². The van der Waals surface area contributed by atoms with Gasteiger partial charge in [-0.15, -0.1) is 0 Å². The summed E-state index contributed by atoms with van der Waals surface area (Å²) >= 11 is 0. The zero-order valence-electron chi connectivity index (χ0n) is 8.92. The Morgan fingerprint density at radius 2 is 2.00 bits per heavy atom. The Kier molecular flexibility index (Phi) is 4.87. The van der Waals surface area contributed by atoms with Crippen LogP contribution in [0.4, 0.5) is 0 Å². The molecule has 14 heavy (non-hydrogen) atoms. The van der Waals surface area contributed by atoms with Crippen LogP contribution in [0.2, 0.25) is 0 Å². The lowest BCUT2D eigenvalue weighted by Gasteiger charge is -2.43. The van der Waals surface area contributed by atoms with Gasteiger partial charge in [-0.05, 0) is 18.9 Å². The second-order valence-corrected chi connectivity index (χ2v) is 4.47. The Morgan fingerprint density at radius 1 is 1.29 bits per heavy atom. The molecule has 2 rings (SSSR count). The third kappa shape index (κ3) is 2.70. The van der Waals surface area contributed by atoms with E-state index in [0.29, 0.717) is 0 Å². The smallest absolute Gasteiger partial charge is 0.108 e. The number of likely N-dealkylation sites (N-methyl/N-ethyl adjacent to an activating group) is 1. The number of hydrogen-bond acceptors (Lipinski definition) is 1. The molecule has 1 atom stereocenters. The van der Waals surface area contributed by atoms with E-state index in [1.807, 2.05) is 0 Å². The molecule has 0 spiro atoms. The van der Waals surface area contributed by atoms with Crippen LogP contribution in [0.3, 0.4) is 0 Å². The maximum atomic E-state index is 5.42. The third-order valence-electron chi connectivity index (χ3n) is 3.52. The Hall–Kier alpha value is 0.390. The van der Waals surface area contributed by atoms with Crippen LogP contribution >= 0.6 is 0 Å². The fraction of sp³-hybridized carbons (Fsp3) is 0.818. The van der Waals surface area contributed by atoms with Crippen molar-refractivity contribution < 1.29 is 33.2 Å². The Labute approximate surface area is 104 Å². The Bertz CT molecular complexity index is 199. The van der Waals surface area contributed by atoms with Crippen LogP contribution in [0.1, 0.15) is 19.3 Å². The number of morpholine rings is 1. The largest absolute Gasteiger partial charge is 1.00 e. The first-order chi connectivity index (χ1) is 6.31. The predicted octanol–water partition coefficient (Wildman–Crippen LogP) is -1.42. The first-order valence-electron chi connectivity index (χ1n) is 5.40. The van der Waals surface area contributed by atoms with Crippen molar-refractivity contribution in [1.29, 1.82) is 0 Å². The van der Waals surface area contributed by atoms with Crippen LogP contribution in [0.5, 0.6) is 0 Å². The minimum absolute atomic E-state index is 0. The summed E-state index contributed by atoms with van der Waals surface area (Å²) in [6.07, 6.45) is 8.80. The summed E-state index contributed by atoms with van der Waals surface area (Å²) in [7, 11) is 2.38. The highest BCUT2D eigenvalue weighted by Crippen LogP contribution is 2.23. The van der Waals surface area contributed by atoms with Crippen molar-refractivity contribution in [1.82, 2.24) is 0 Å². The molecule has 0 aromatic heterocycles. The second-order valence-electron chi connectivity index (χ2n) is 4.47. The average molecular weight is 309 g/mol. The van der Waals surface area contributed by atoms with Gasteiger partial charge in [-0.3, -0.25) is 0 Å². The van der Waals surface area contributed by atoms with Crippen molar-refractivity contribution in [3.63, 3.8) is 0 Å². The van der Waals surface area contributed by atoms with Crippen LogP contribution < -0.4 is 24.0 Å². The van der Waals surface area contributed by atoms with Gasteiger partial charge in [0.2, 0.25) is 0 Å². The number of halogens is 1. The van der Waals surface area contributed by atoms with Gasteiger partial charge in [0.15, 0.2) is 0 Å². The van der Waals surface area contributed by atoms with E-state index in [2.05, 4.69) is 19.2 Å². The molecule has 1 heterocycles. The first-order valence-corrected chi connectivity index (χ1v) is 5.40. The normalized spacial score (nSPS) is 30.8. The molecule has 1 unspecified atom stereocenters. The Morgan fingerprint density at radius 3 is 2.57 bits per heavy atom. The highest BCUT2D eigenvalue weighted by Gasteiger charge is 2.33. The van der Waals surface area contributed by atoms with Crippen molar-refractivity contribution >= 4 is 0 Å². The number of allylic oxidation sites excluding steroid dienone is 1. The molecular formula is C11H20INO. The van der Waals surface area contributed by atoms with E-state index in [0.717, 1.165) is 19.3 Å². The molecule has 0 aromatic rings. The van der Waals surface area contributed by atoms with E-state index in [4.69, 9.17) is 4.74 Å². The van der Waals surface area contributed by atoms with Crippen molar-refractivity contribution in [2.75, 3.05) is 33.4 Å². The highest BCUT2D eigenvalue weighted by atomic mass is 127. The fourth-order valence-electron chi connectivity index (χ4n) is 2.41. The van der Waals surface area contributed by atoms with Crippen molar-refractivity contribution in [2.24, 2.45) is 0 Å². The monoisotopic (exact) mass is 309 g/mol. The minimum atomic E-state index is 0. The van der Waals surface area contributed by atoms with Crippen LogP contribution in [0.25, 0.3) is 0 Å². The van der Waals surface area contributed by atoms with Gasteiger partial charge in [-0.2, -0.15) is 0 Å². The molecular weight excluding hydrogens is 289 g/mol. The molecule has 1 aliphatic carbocycles. The zero-order valence-corrected chi connectivity index (χ0v) is 11.1. The van der Waals surface area contributed by atoms with Gasteiger partial charge < -0.3 is 33.2 Å². The van der Waals surface area contributed by atoms with Gasteiger partial charge >= 0.3 is 0 Å². The predicted molar refractivity (Wildman–Crippen MR) is 53.5 cm³/mol. The summed E-state index contributed by atoms with van der Waals surface area (Å²) in [6, 6.07) is 0.762. The lowest BCUT2D eigenvalue weighted by atomic mass is 9.99. The van der Waals surface area contributed by atoms with Gasteiger partial charge in [0.25, 0.3) is 0 Å². The van der Waals surface area contributed by atoms with Gasteiger partial charge in [-0.1, -0.05) is 6.08 Å². The van der Waals surface area contributed by atoms with Gasteiger partial charge in [0.1, 0.15) is 19.1 Å². The average Bonchev–Trinajstić information content (AvgIpc) is 2.20. The molecule has 1 fully saturated rings. The molecule has 1 saturated heterocycles. The minimum Gasteiger partial charge on any atom is -1.00 e. The quantitative estimate of drug-likeness (QED) is 0.328. The molecule has 2 aliphatic rings. The fourth-order valence-corrected chi connectivity index (χ4v) is 2.41. The molecule has 82 valence electrons. The standard InChI is InChI=1S/C11H20NO.HI/c1-12(7-9-13-10-8-12)11-5-3-2-4-6-11;/h3,5,11H,2,4,6-10H2,1H3;1H/q+1;/p-1. The summed E-state index contributed by atoms with van der Waals surface area (Å²) in [6.45, 7) is 4.27. The number of rotatable bonds is 1. The molecule has 0 bridgehead atoms. The number of hydrogen-bond donors (Lipinski definition) is 0. The van der Waals surface area contributed by atoms with Crippen LogP contribution in [0, 0.1) is 0 Å². The zero-order chi connectivity index (χ0) is 9.15. The molecule has 3 heteroatoms. The lowest BCUT2D eigenvalue weighted by molar-refractivity contribution is -0.934. The van der Waals surface area contributed by atoms with Gasteiger partial charge in [0.05, 0.1) is 20.3 Å². The van der Waals surface area contributed by atoms with E-state index < -0.39 is 0 Å². The first kappa shape index (κ1) is 12.5. The van der Waals surface area contributed by atoms with Crippen LogP contribution in [-0.2, 0) is 4.74 Å². The highest BCUT2D eigenvalue weighted by molar-refractivity contribution is 4.94. The van der Waals surface area contributed by atoms with Crippen molar-refractivity contribution in [2.45, 2.75) is 25.3 Å². The number of ether oxygens (including phenoxy) is 1. The van der Waals surface area contributed by atoms with Crippen molar-refractivity contribution in [3.8, 4) is 0 Å². The maximum Gasteiger partial charge on any atom is 0.108 e. The molecule has 0 saturated carbocycles. The topological polar surface area (TPSA) is 9.23 Å². The summed E-state index contributed by atoms with van der Waals surface area (Å²) < 4.78 is 6.62. The molecule has 0 radical (unpaired) electrons. The van der Waals surface area contributed by atoms with Gasteiger partial charge in [-0.25, -0.2) is 0 Å². The summed E-state index contributed by atoms with van der Waals surface area (Å²) in [5.74, 6) is 0. The molecule has 0 aromatic carbocycles. The molecule has 0 N–H and O–H groups in total. The molecule has 0 amide bonds. The molecule has 2 nitrogen and oxygen atoms in total. The second kappa shape index (κ2) is 5.47. The maximum absolute atomic E-state index is 5.42. The summed E-state index contributed by atoms with van der Waals surface area (Å²) in [4.78, 5) is 0. The van der Waals surface area contributed by atoms with Gasteiger partial charge in [0, 0.05) is 6.42 Å². The van der Waals surface area contributed by atoms with E-state index >= 15 is 0 Å². The Balaban J connectivity index is 0.000000980. The third-order valence-corrected chi connectivity index (χ3v) is 3.52. The van der Waals surface area contributed by atoms with E-state index in [1.54, 1.807) is 0 Å². The lowest BCUT2D eigenvalue weighted by Crippen LogP contribution is -3.00. The number of nitrogens with zero attached hydrogens (tertiary/aromatic N) is 1. The van der Waals surface area contributed by atoms with E-state index in [1.165, 1.54) is 36.8 Å². The molecule has 1 aliphatic heterocycles. The van der Waals surface area contributed by atoms with Crippen molar-refractivity contribution in [3.05, 3.63) is 12.2 Å². The summed E-state index contributed by atoms with van der Waals surface area (Å²) in [5.41, 5.74) is 0.